The van der Waals surface area contributed by atoms with Gasteiger partial charge in [0, 0.05) is 11.0 Å². The summed E-state index contributed by atoms with van der Waals surface area (Å²) in [7, 11) is 0. The maximum Gasteiger partial charge on any atom is 0.273 e. The number of amides is 1. The highest BCUT2D eigenvalue weighted by Crippen LogP contribution is 2.27. The predicted octanol–water partition coefficient (Wildman–Crippen LogP) is 2.84. The molecule has 0 aliphatic carbocycles. The van der Waals surface area contributed by atoms with Gasteiger partial charge in [-0.05, 0) is 24.1 Å². The summed E-state index contributed by atoms with van der Waals surface area (Å²) in [6.07, 6.45) is 1.92. The lowest BCUT2D eigenvalue weighted by Crippen LogP contribution is -2.28. The summed E-state index contributed by atoms with van der Waals surface area (Å²) >= 11 is 3.43. The molecule has 6 nitrogen and oxygen atoms in total. The quantitative estimate of drug-likeness (QED) is 0.812. The summed E-state index contributed by atoms with van der Waals surface area (Å²) < 4.78 is 8.71. The average molecular weight is 379 g/mol. The van der Waals surface area contributed by atoms with E-state index in [1.165, 1.54) is 0 Å². The van der Waals surface area contributed by atoms with Crippen molar-refractivity contribution in [3.63, 3.8) is 0 Å². The molecule has 1 aromatic heterocycles. The molecule has 0 saturated carbocycles. The van der Waals surface area contributed by atoms with E-state index in [1.54, 1.807) is 4.68 Å². The summed E-state index contributed by atoms with van der Waals surface area (Å²) in [6.45, 7) is 3.64. The van der Waals surface area contributed by atoms with Crippen LogP contribution in [0.25, 0.3) is 0 Å². The number of benzene rings is 1. The van der Waals surface area contributed by atoms with Crippen LogP contribution in [0.5, 0.6) is 0 Å². The van der Waals surface area contributed by atoms with Crippen LogP contribution in [-0.2, 0) is 17.9 Å². The first-order chi connectivity index (χ1) is 11.2. The maximum absolute atomic E-state index is 12.2. The van der Waals surface area contributed by atoms with Crippen molar-refractivity contribution in [3.8, 4) is 0 Å². The van der Waals surface area contributed by atoms with Crippen molar-refractivity contribution in [2.24, 2.45) is 0 Å². The molecule has 1 aliphatic heterocycles. The normalized spacial score (nSPS) is 16.9. The van der Waals surface area contributed by atoms with E-state index in [4.69, 9.17) is 4.74 Å². The first-order valence-corrected chi connectivity index (χ1v) is 8.56. The Hall–Kier alpha value is -1.73. The Bertz CT molecular complexity index is 684. The van der Waals surface area contributed by atoms with Crippen molar-refractivity contribution in [1.29, 1.82) is 0 Å². The molecule has 1 aromatic carbocycles. The van der Waals surface area contributed by atoms with Gasteiger partial charge in [-0.25, -0.2) is 4.68 Å². The molecule has 0 radical (unpaired) electrons. The number of ether oxygens (including phenoxy) is 1. The largest absolute Gasteiger partial charge is 0.365 e. The fraction of sp³-hybridized carbons (Fsp3) is 0.438. The molecule has 3 rings (SSSR count). The van der Waals surface area contributed by atoms with Crippen molar-refractivity contribution in [2.75, 3.05) is 6.54 Å². The monoisotopic (exact) mass is 378 g/mol. The number of aromatic nitrogens is 3. The van der Waals surface area contributed by atoms with Gasteiger partial charge in [-0.15, -0.1) is 5.10 Å². The lowest BCUT2D eigenvalue weighted by Gasteiger charge is -2.24. The molecule has 7 heteroatoms. The second-order valence-electron chi connectivity index (χ2n) is 5.53. The number of carbonyl (C=O) groups excluding carboxylic acids is 1. The lowest BCUT2D eigenvalue weighted by molar-refractivity contribution is -0.00177. The number of halogens is 1. The van der Waals surface area contributed by atoms with E-state index in [0.29, 0.717) is 25.4 Å². The number of nitrogens with one attached hydrogen (secondary N) is 1. The number of nitrogens with zero attached hydrogens (tertiary/aromatic N) is 3. The summed E-state index contributed by atoms with van der Waals surface area (Å²) in [4.78, 5) is 12.2. The molecule has 23 heavy (non-hydrogen) atoms. The van der Waals surface area contributed by atoms with Gasteiger partial charge in [0.1, 0.15) is 6.10 Å². The van der Waals surface area contributed by atoms with Crippen LogP contribution >= 0.6 is 15.9 Å². The van der Waals surface area contributed by atoms with Gasteiger partial charge in [0.15, 0.2) is 5.69 Å². The minimum Gasteiger partial charge on any atom is -0.365 e. The zero-order valence-electron chi connectivity index (χ0n) is 13.0. The van der Waals surface area contributed by atoms with E-state index in [9.17, 15) is 4.79 Å². The maximum atomic E-state index is 12.2. The third-order valence-corrected chi connectivity index (χ3v) is 4.40. The van der Waals surface area contributed by atoms with Gasteiger partial charge >= 0.3 is 0 Å². The zero-order valence-corrected chi connectivity index (χ0v) is 14.5. The van der Waals surface area contributed by atoms with Crippen LogP contribution in [0.4, 0.5) is 0 Å². The van der Waals surface area contributed by atoms with Gasteiger partial charge < -0.3 is 10.1 Å². The van der Waals surface area contributed by atoms with Gasteiger partial charge in [-0.3, -0.25) is 4.79 Å². The smallest absolute Gasteiger partial charge is 0.273 e. The summed E-state index contributed by atoms with van der Waals surface area (Å²) in [5.41, 5.74) is 2.20. The first-order valence-electron chi connectivity index (χ1n) is 7.76. The molecule has 0 spiro atoms. The summed E-state index contributed by atoms with van der Waals surface area (Å²) in [6, 6.07) is 8.02. The minimum absolute atomic E-state index is 0.0756. The topological polar surface area (TPSA) is 69.0 Å². The Labute approximate surface area is 143 Å². The molecule has 0 unspecified atom stereocenters. The van der Waals surface area contributed by atoms with Crippen molar-refractivity contribution in [3.05, 3.63) is 45.7 Å². The molecule has 0 saturated heterocycles. The number of hydrogen-bond acceptors (Lipinski definition) is 4. The third-order valence-electron chi connectivity index (χ3n) is 3.87. The number of unbranched alkanes of at least 4 members (excludes halogenated alkanes) is 1. The van der Waals surface area contributed by atoms with Crippen LogP contribution in [0.15, 0.2) is 28.7 Å². The van der Waals surface area contributed by atoms with Crippen LogP contribution in [0.2, 0.25) is 0 Å². The van der Waals surface area contributed by atoms with Gasteiger partial charge in [0.25, 0.3) is 5.91 Å². The molecule has 0 bridgehead atoms. The zero-order chi connectivity index (χ0) is 16.2. The van der Waals surface area contributed by atoms with Gasteiger partial charge in [-0.2, -0.15) is 0 Å². The van der Waals surface area contributed by atoms with E-state index in [0.717, 1.165) is 28.6 Å². The third kappa shape index (κ3) is 3.61. The van der Waals surface area contributed by atoms with Crippen LogP contribution in [0, 0.1) is 0 Å². The van der Waals surface area contributed by atoms with E-state index < -0.39 is 0 Å². The van der Waals surface area contributed by atoms with E-state index >= 15 is 0 Å². The highest BCUT2D eigenvalue weighted by atomic mass is 79.9. The highest BCUT2D eigenvalue weighted by Gasteiger charge is 2.27. The molecule has 1 atom stereocenters. The minimum atomic E-state index is -0.176. The molecule has 0 fully saturated rings. The molecule has 122 valence electrons. The Balaban J connectivity index is 1.71. The number of fused-ring (bicyclic) bond motifs is 1. The van der Waals surface area contributed by atoms with Crippen molar-refractivity contribution in [2.45, 2.75) is 39.0 Å². The number of rotatable bonds is 5. The Morgan fingerprint density at radius 3 is 2.96 bits per heavy atom. The summed E-state index contributed by atoms with van der Waals surface area (Å²) in [5.74, 6) is -0.176. The van der Waals surface area contributed by atoms with Crippen LogP contribution in [0.1, 0.15) is 47.6 Å². The number of hydrogen-bond donors (Lipinski definition) is 1. The standard InChI is InChI=1S/C16H19BrN4O2/c1-2-3-8-18-16(22)15-13-10-23-14(9-21(13)20-19-15)11-4-6-12(17)7-5-11/h4-7,14H,2-3,8-10H2,1H3,(H,18,22)/t14-/m1/s1. The first kappa shape index (κ1) is 16.1. The highest BCUT2D eigenvalue weighted by molar-refractivity contribution is 9.10. The fourth-order valence-electron chi connectivity index (χ4n) is 2.53. The van der Waals surface area contributed by atoms with Crippen LogP contribution in [-0.4, -0.2) is 27.4 Å². The Kier molecular flexibility index (Phi) is 5.07. The van der Waals surface area contributed by atoms with E-state index in [2.05, 4.69) is 38.5 Å². The second-order valence-corrected chi connectivity index (χ2v) is 6.44. The van der Waals surface area contributed by atoms with Crippen molar-refractivity contribution in [1.82, 2.24) is 20.3 Å². The fourth-order valence-corrected chi connectivity index (χ4v) is 2.79. The van der Waals surface area contributed by atoms with Gasteiger partial charge in [0.05, 0.1) is 18.8 Å². The van der Waals surface area contributed by atoms with E-state index in [1.807, 2.05) is 24.3 Å². The van der Waals surface area contributed by atoms with Gasteiger partial charge in [0.2, 0.25) is 0 Å². The van der Waals surface area contributed by atoms with E-state index in [-0.39, 0.29) is 12.0 Å². The molecule has 1 amide bonds. The molecular formula is C16H19BrN4O2. The average Bonchev–Trinajstić information content (AvgIpc) is 2.99. The molecule has 2 aromatic rings. The molecular weight excluding hydrogens is 360 g/mol. The predicted molar refractivity (Wildman–Crippen MR) is 88.9 cm³/mol. The Morgan fingerprint density at radius 2 is 2.22 bits per heavy atom. The molecule has 1 aliphatic rings. The summed E-state index contributed by atoms with van der Waals surface area (Å²) in [5, 5.41) is 11.0. The molecule has 2 heterocycles. The SMILES string of the molecule is CCCCNC(=O)c1nnn2c1CO[C@@H](c1ccc(Br)cc1)C2. The Morgan fingerprint density at radius 1 is 1.43 bits per heavy atom. The number of carbonyl (C=O) groups is 1. The van der Waals surface area contributed by atoms with Crippen LogP contribution in [0.3, 0.4) is 0 Å². The van der Waals surface area contributed by atoms with Gasteiger partial charge in [-0.1, -0.05) is 46.6 Å². The lowest BCUT2D eigenvalue weighted by atomic mass is 10.1. The van der Waals surface area contributed by atoms with Crippen molar-refractivity contribution >= 4 is 21.8 Å². The second kappa shape index (κ2) is 7.23. The van der Waals surface area contributed by atoms with Crippen molar-refractivity contribution < 1.29 is 9.53 Å². The molecule has 1 N–H and O–H groups in total. The van der Waals surface area contributed by atoms with Crippen LogP contribution < -0.4 is 5.32 Å².